The highest BCUT2D eigenvalue weighted by Gasteiger charge is 2.17. The number of hydrogen-bond donors (Lipinski definition) is 2. The molecule has 0 saturated heterocycles. The molecule has 0 aliphatic carbocycles. The predicted molar refractivity (Wildman–Crippen MR) is 116 cm³/mol. The van der Waals surface area contributed by atoms with Crippen molar-refractivity contribution in [3.05, 3.63) is 81.5 Å². The Morgan fingerprint density at radius 1 is 0.967 bits per heavy atom. The summed E-state index contributed by atoms with van der Waals surface area (Å²) in [6.07, 6.45) is 1.81. The van der Waals surface area contributed by atoms with E-state index in [1.165, 1.54) is 11.3 Å². The summed E-state index contributed by atoms with van der Waals surface area (Å²) in [4.78, 5) is 26.2. The van der Waals surface area contributed by atoms with E-state index < -0.39 is 11.8 Å². The summed E-state index contributed by atoms with van der Waals surface area (Å²) < 4.78 is 11.0. The normalized spacial score (nSPS) is 12.9. The van der Waals surface area contributed by atoms with Crippen LogP contribution >= 0.6 is 11.3 Å². The number of carbonyl (C=O) groups excluding carboxylic acids is 2. The average molecular weight is 420 g/mol. The van der Waals surface area contributed by atoms with Crippen LogP contribution in [0, 0.1) is 6.92 Å². The number of aryl methyl sites for hydroxylation is 1. The van der Waals surface area contributed by atoms with Gasteiger partial charge in [-0.25, -0.2) is 0 Å². The quantitative estimate of drug-likeness (QED) is 0.497. The van der Waals surface area contributed by atoms with E-state index in [9.17, 15) is 9.59 Å². The second-order valence-corrected chi connectivity index (χ2v) is 7.66. The van der Waals surface area contributed by atoms with Crippen LogP contribution in [0.4, 0.5) is 0 Å². The average Bonchev–Trinajstić information content (AvgIpc) is 3.30. The lowest BCUT2D eigenvalue weighted by molar-refractivity contribution is -0.116. The van der Waals surface area contributed by atoms with Crippen molar-refractivity contribution in [1.29, 1.82) is 0 Å². The molecule has 0 spiro atoms. The first kappa shape index (κ1) is 19.7. The third kappa shape index (κ3) is 4.52. The second kappa shape index (κ2) is 8.84. The highest BCUT2D eigenvalue weighted by atomic mass is 32.1. The van der Waals surface area contributed by atoms with Crippen LogP contribution in [-0.4, -0.2) is 25.0 Å². The fraction of sp³-hybridized carbons (Fsp3) is 0.130. The molecule has 6 nitrogen and oxygen atoms in total. The molecule has 30 heavy (non-hydrogen) atoms. The molecule has 0 fully saturated rings. The summed E-state index contributed by atoms with van der Waals surface area (Å²) in [5.41, 5.74) is 7.83. The van der Waals surface area contributed by atoms with Gasteiger partial charge in [-0.05, 0) is 48.2 Å². The van der Waals surface area contributed by atoms with Crippen molar-refractivity contribution in [3.63, 3.8) is 0 Å². The Kier molecular flexibility index (Phi) is 5.81. The number of ether oxygens (including phenoxy) is 2. The Labute approximate surface area is 178 Å². The molecule has 1 aliphatic heterocycles. The van der Waals surface area contributed by atoms with Gasteiger partial charge in [0.1, 0.15) is 13.2 Å². The fourth-order valence-corrected chi connectivity index (χ4v) is 3.78. The molecule has 1 aromatic heterocycles. The largest absolute Gasteiger partial charge is 0.486 e. The molecule has 2 amide bonds. The maximum atomic E-state index is 12.9. The molecule has 0 unspecified atom stereocenters. The lowest BCUT2D eigenvalue weighted by Gasteiger charge is -2.18. The van der Waals surface area contributed by atoms with Crippen LogP contribution < -0.4 is 20.3 Å². The first-order chi connectivity index (χ1) is 14.6. The molecule has 0 radical (unpaired) electrons. The van der Waals surface area contributed by atoms with Gasteiger partial charge >= 0.3 is 0 Å². The van der Waals surface area contributed by atoms with E-state index in [4.69, 9.17) is 9.47 Å². The molecule has 152 valence electrons. The summed E-state index contributed by atoms with van der Waals surface area (Å²) in [7, 11) is 0. The Morgan fingerprint density at radius 3 is 2.57 bits per heavy atom. The van der Waals surface area contributed by atoms with Crippen molar-refractivity contribution in [2.45, 2.75) is 6.92 Å². The van der Waals surface area contributed by atoms with Gasteiger partial charge in [0, 0.05) is 10.4 Å². The smallest absolute Gasteiger partial charge is 0.271 e. The molecule has 1 aliphatic rings. The van der Waals surface area contributed by atoms with Crippen molar-refractivity contribution >= 4 is 34.8 Å². The van der Waals surface area contributed by atoms with E-state index in [2.05, 4.69) is 10.9 Å². The van der Waals surface area contributed by atoms with Gasteiger partial charge in [-0.1, -0.05) is 35.9 Å². The van der Waals surface area contributed by atoms with Gasteiger partial charge in [-0.3, -0.25) is 20.4 Å². The lowest BCUT2D eigenvalue weighted by atomic mass is 10.1. The summed E-state index contributed by atoms with van der Waals surface area (Å²) in [5, 5.41) is 1.90. The van der Waals surface area contributed by atoms with Crippen LogP contribution in [0.25, 0.3) is 11.6 Å². The fourth-order valence-electron chi connectivity index (χ4n) is 3.04. The Balaban J connectivity index is 1.50. The molecule has 4 rings (SSSR count). The van der Waals surface area contributed by atoms with Crippen molar-refractivity contribution < 1.29 is 19.1 Å². The number of nitrogens with one attached hydrogen (secondary N) is 2. The van der Waals surface area contributed by atoms with Crippen LogP contribution in [0.2, 0.25) is 0 Å². The minimum Gasteiger partial charge on any atom is -0.486 e. The molecule has 2 N–H and O–H groups in total. The Morgan fingerprint density at radius 2 is 1.80 bits per heavy atom. The van der Waals surface area contributed by atoms with Crippen LogP contribution in [0.1, 0.15) is 26.4 Å². The molecule has 3 aromatic rings. The summed E-state index contributed by atoms with van der Waals surface area (Å²) in [6, 6.07) is 16.5. The van der Waals surface area contributed by atoms with Crippen molar-refractivity contribution in [2.24, 2.45) is 0 Å². The van der Waals surface area contributed by atoms with Gasteiger partial charge in [0.2, 0.25) is 0 Å². The number of fused-ring (bicyclic) bond motifs is 1. The highest BCUT2D eigenvalue weighted by Crippen LogP contribution is 2.30. The van der Waals surface area contributed by atoms with E-state index in [0.29, 0.717) is 35.8 Å². The zero-order valence-corrected chi connectivity index (χ0v) is 17.1. The SMILES string of the molecule is Cc1cccc(C=C(C(=O)NNC(=O)c2ccc3c(c2)OCCO3)c2cccs2)c1. The molecular formula is C23H20N2O4S. The predicted octanol–water partition coefficient (Wildman–Crippen LogP) is 3.83. The molecule has 0 saturated carbocycles. The van der Waals surface area contributed by atoms with Crippen LogP contribution in [0.5, 0.6) is 11.5 Å². The lowest BCUT2D eigenvalue weighted by Crippen LogP contribution is -2.42. The third-order valence-corrected chi connectivity index (χ3v) is 5.38. The summed E-state index contributed by atoms with van der Waals surface area (Å²) in [5.74, 6) is 0.271. The molecule has 0 atom stereocenters. The molecule has 7 heteroatoms. The molecule has 2 heterocycles. The van der Waals surface area contributed by atoms with E-state index in [1.807, 2.05) is 54.8 Å². The van der Waals surface area contributed by atoms with Crippen molar-refractivity contribution in [3.8, 4) is 11.5 Å². The van der Waals surface area contributed by atoms with Gasteiger partial charge in [0.25, 0.3) is 11.8 Å². The van der Waals surface area contributed by atoms with E-state index in [-0.39, 0.29) is 0 Å². The van der Waals surface area contributed by atoms with Crippen molar-refractivity contribution in [1.82, 2.24) is 10.9 Å². The number of rotatable bonds is 4. The molecular weight excluding hydrogens is 400 g/mol. The minimum atomic E-state index is -0.443. The number of thiophene rings is 1. The minimum absolute atomic E-state index is 0.361. The Hall–Kier alpha value is -3.58. The summed E-state index contributed by atoms with van der Waals surface area (Å²) in [6.45, 7) is 2.91. The number of benzene rings is 2. The zero-order valence-electron chi connectivity index (χ0n) is 16.3. The van der Waals surface area contributed by atoms with Crippen molar-refractivity contribution in [2.75, 3.05) is 13.2 Å². The second-order valence-electron chi connectivity index (χ2n) is 6.72. The van der Waals surface area contributed by atoms with Gasteiger partial charge in [0.05, 0.1) is 5.57 Å². The van der Waals surface area contributed by atoms with E-state index in [1.54, 1.807) is 18.2 Å². The topological polar surface area (TPSA) is 76.7 Å². The maximum Gasteiger partial charge on any atom is 0.271 e. The van der Waals surface area contributed by atoms with Gasteiger partial charge in [-0.15, -0.1) is 11.3 Å². The monoisotopic (exact) mass is 420 g/mol. The van der Waals surface area contributed by atoms with Crippen LogP contribution in [0.15, 0.2) is 60.0 Å². The first-order valence-electron chi connectivity index (χ1n) is 9.43. The molecule has 2 aromatic carbocycles. The van der Waals surface area contributed by atoms with Gasteiger partial charge < -0.3 is 9.47 Å². The van der Waals surface area contributed by atoms with Crippen LogP contribution in [-0.2, 0) is 4.79 Å². The van der Waals surface area contributed by atoms with Crippen LogP contribution in [0.3, 0.4) is 0 Å². The maximum absolute atomic E-state index is 12.9. The Bertz CT molecular complexity index is 1110. The number of hydrazine groups is 1. The van der Waals surface area contributed by atoms with E-state index in [0.717, 1.165) is 16.0 Å². The first-order valence-corrected chi connectivity index (χ1v) is 10.3. The third-order valence-electron chi connectivity index (χ3n) is 4.48. The summed E-state index contributed by atoms with van der Waals surface area (Å²) >= 11 is 1.46. The zero-order chi connectivity index (χ0) is 20.9. The molecule has 0 bridgehead atoms. The van der Waals surface area contributed by atoms with E-state index >= 15 is 0 Å². The number of carbonyl (C=O) groups is 2. The number of hydrogen-bond acceptors (Lipinski definition) is 5. The van der Waals surface area contributed by atoms with Gasteiger partial charge in [0.15, 0.2) is 11.5 Å². The van der Waals surface area contributed by atoms with Gasteiger partial charge in [-0.2, -0.15) is 0 Å². The standard InChI is InChI=1S/C23H20N2O4S/c1-15-4-2-5-16(12-15)13-18(21-6-3-11-30-21)23(27)25-24-22(26)17-7-8-19-20(14-17)29-10-9-28-19/h2-8,11-14H,9-10H2,1H3,(H,24,26)(H,25,27). The number of amides is 2. The highest BCUT2D eigenvalue weighted by molar-refractivity contribution is 7.11.